The minimum absolute atomic E-state index is 0.422. The molecule has 0 aromatic heterocycles. The van der Waals surface area contributed by atoms with Gasteiger partial charge >= 0.3 is 7.12 Å². The first kappa shape index (κ1) is 12.9. The molecule has 18 heavy (non-hydrogen) atoms. The number of nitriles is 1. The standard InChI is InChI=1S/C13H17BN2O2/c1-12(2)13(3,4)18-14(17-12)10-6-5-7-11(16)9(10)8-15/h5-7H,16H2,1-4H3. The molecule has 5 heteroatoms. The van der Waals surface area contributed by atoms with E-state index in [0.29, 0.717) is 16.7 Å². The van der Waals surface area contributed by atoms with Crippen LogP contribution in [0.3, 0.4) is 0 Å². The van der Waals surface area contributed by atoms with Crippen molar-refractivity contribution in [2.75, 3.05) is 5.73 Å². The molecule has 0 radical (unpaired) electrons. The Morgan fingerprint density at radius 1 is 1.17 bits per heavy atom. The molecule has 0 saturated carbocycles. The van der Waals surface area contributed by atoms with Crippen molar-refractivity contribution in [3.63, 3.8) is 0 Å². The number of nitrogens with zero attached hydrogens (tertiary/aromatic N) is 1. The van der Waals surface area contributed by atoms with Gasteiger partial charge in [-0.15, -0.1) is 0 Å². The van der Waals surface area contributed by atoms with E-state index in [1.165, 1.54) is 0 Å². The second-order valence-electron chi connectivity index (χ2n) is 5.51. The smallest absolute Gasteiger partial charge is 0.399 e. The van der Waals surface area contributed by atoms with Gasteiger partial charge in [0.2, 0.25) is 0 Å². The van der Waals surface area contributed by atoms with Gasteiger partial charge in [0.25, 0.3) is 0 Å². The molecule has 0 atom stereocenters. The van der Waals surface area contributed by atoms with Crippen LogP contribution in [0.25, 0.3) is 0 Å². The Morgan fingerprint density at radius 2 is 1.72 bits per heavy atom. The van der Waals surface area contributed by atoms with Crippen molar-refractivity contribution in [1.29, 1.82) is 5.26 Å². The van der Waals surface area contributed by atoms with Crippen LogP contribution in [0.5, 0.6) is 0 Å². The molecule has 0 amide bonds. The van der Waals surface area contributed by atoms with Gasteiger partial charge in [-0.25, -0.2) is 0 Å². The highest BCUT2D eigenvalue weighted by atomic mass is 16.7. The molecule has 1 fully saturated rings. The first-order chi connectivity index (χ1) is 8.28. The van der Waals surface area contributed by atoms with E-state index >= 15 is 0 Å². The topological polar surface area (TPSA) is 68.3 Å². The zero-order valence-electron chi connectivity index (χ0n) is 11.2. The van der Waals surface area contributed by atoms with Crippen LogP contribution >= 0.6 is 0 Å². The van der Waals surface area contributed by atoms with Crippen LogP contribution in [0.15, 0.2) is 18.2 Å². The summed E-state index contributed by atoms with van der Waals surface area (Å²) in [6.45, 7) is 7.91. The quantitative estimate of drug-likeness (QED) is 0.599. The van der Waals surface area contributed by atoms with E-state index in [9.17, 15) is 5.26 Å². The van der Waals surface area contributed by atoms with Crippen LogP contribution in [0, 0.1) is 11.3 Å². The van der Waals surface area contributed by atoms with E-state index in [0.717, 1.165) is 0 Å². The summed E-state index contributed by atoms with van der Waals surface area (Å²) in [5.41, 5.74) is 6.52. The van der Waals surface area contributed by atoms with Crippen LogP contribution in [0.2, 0.25) is 0 Å². The molecule has 4 nitrogen and oxygen atoms in total. The lowest BCUT2D eigenvalue weighted by Crippen LogP contribution is -2.41. The fraction of sp³-hybridized carbons (Fsp3) is 0.462. The Labute approximate surface area is 108 Å². The van der Waals surface area contributed by atoms with Crippen LogP contribution < -0.4 is 11.2 Å². The Hall–Kier alpha value is -1.51. The highest BCUT2D eigenvalue weighted by Gasteiger charge is 2.52. The molecular weight excluding hydrogens is 227 g/mol. The Balaban J connectivity index is 2.42. The molecule has 1 aliphatic rings. The zero-order chi connectivity index (χ0) is 13.6. The van der Waals surface area contributed by atoms with Gasteiger partial charge in [0.1, 0.15) is 6.07 Å². The molecule has 0 aliphatic carbocycles. The third-order valence-electron chi connectivity index (χ3n) is 3.75. The third-order valence-corrected chi connectivity index (χ3v) is 3.75. The molecule has 0 unspecified atom stereocenters. The molecule has 1 aliphatic heterocycles. The SMILES string of the molecule is CC1(C)OB(c2cccc(N)c2C#N)OC1(C)C. The highest BCUT2D eigenvalue weighted by Crippen LogP contribution is 2.36. The summed E-state index contributed by atoms with van der Waals surface area (Å²) in [6, 6.07) is 7.43. The monoisotopic (exact) mass is 244 g/mol. The molecule has 2 N–H and O–H groups in total. The fourth-order valence-corrected chi connectivity index (χ4v) is 1.88. The number of nitrogen functional groups attached to an aromatic ring is 1. The minimum atomic E-state index is -0.548. The van der Waals surface area contributed by atoms with Gasteiger partial charge < -0.3 is 15.0 Å². The average Bonchev–Trinajstić information content (AvgIpc) is 2.47. The zero-order valence-corrected chi connectivity index (χ0v) is 11.2. The average molecular weight is 244 g/mol. The number of hydrogen-bond acceptors (Lipinski definition) is 4. The summed E-state index contributed by atoms with van der Waals surface area (Å²) in [7, 11) is -0.548. The first-order valence-corrected chi connectivity index (χ1v) is 5.92. The van der Waals surface area contributed by atoms with E-state index in [2.05, 4.69) is 6.07 Å². The van der Waals surface area contributed by atoms with Gasteiger partial charge in [0.15, 0.2) is 0 Å². The van der Waals surface area contributed by atoms with Crippen molar-refractivity contribution < 1.29 is 9.31 Å². The third kappa shape index (κ3) is 1.88. The maximum absolute atomic E-state index is 9.18. The van der Waals surface area contributed by atoms with Crippen molar-refractivity contribution in [1.82, 2.24) is 0 Å². The molecule has 1 aromatic carbocycles. The lowest BCUT2D eigenvalue weighted by molar-refractivity contribution is 0.00578. The van der Waals surface area contributed by atoms with Crippen molar-refractivity contribution >= 4 is 18.3 Å². The number of anilines is 1. The van der Waals surface area contributed by atoms with Crippen LogP contribution in [0.1, 0.15) is 33.3 Å². The van der Waals surface area contributed by atoms with Crippen LogP contribution in [-0.4, -0.2) is 18.3 Å². The summed E-state index contributed by atoms with van der Waals surface area (Å²) in [6.07, 6.45) is 0. The fourth-order valence-electron chi connectivity index (χ4n) is 1.88. The minimum Gasteiger partial charge on any atom is -0.399 e. The molecule has 2 rings (SSSR count). The second kappa shape index (κ2) is 4.01. The molecule has 1 aromatic rings. The lowest BCUT2D eigenvalue weighted by atomic mass is 9.76. The molecular formula is C13H17BN2O2. The lowest BCUT2D eigenvalue weighted by Gasteiger charge is -2.32. The number of benzene rings is 1. The van der Waals surface area contributed by atoms with Gasteiger partial charge in [-0.1, -0.05) is 12.1 Å². The van der Waals surface area contributed by atoms with Gasteiger partial charge in [-0.3, -0.25) is 0 Å². The summed E-state index contributed by atoms with van der Waals surface area (Å²) in [4.78, 5) is 0. The van der Waals surface area contributed by atoms with Crippen LogP contribution in [0.4, 0.5) is 5.69 Å². The summed E-state index contributed by atoms with van der Waals surface area (Å²) in [5.74, 6) is 0. The largest absolute Gasteiger partial charge is 0.496 e. The van der Waals surface area contributed by atoms with Gasteiger partial charge in [-0.05, 0) is 33.8 Å². The van der Waals surface area contributed by atoms with E-state index in [4.69, 9.17) is 15.0 Å². The number of nitrogens with two attached hydrogens (primary N) is 1. The Bertz CT molecular complexity index is 504. The molecule has 94 valence electrons. The van der Waals surface area contributed by atoms with E-state index in [-0.39, 0.29) is 0 Å². The maximum atomic E-state index is 9.18. The van der Waals surface area contributed by atoms with Crippen molar-refractivity contribution in [3.8, 4) is 6.07 Å². The number of rotatable bonds is 1. The maximum Gasteiger partial charge on any atom is 0.496 e. The highest BCUT2D eigenvalue weighted by molar-refractivity contribution is 6.63. The molecule has 0 spiro atoms. The van der Waals surface area contributed by atoms with E-state index < -0.39 is 18.3 Å². The summed E-state index contributed by atoms with van der Waals surface area (Å²) in [5, 5.41) is 9.18. The van der Waals surface area contributed by atoms with E-state index in [1.54, 1.807) is 12.1 Å². The predicted molar refractivity (Wildman–Crippen MR) is 71.3 cm³/mol. The molecule has 0 bridgehead atoms. The van der Waals surface area contributed by atoms with Crippen molar-refractivity contribution in [3.05, 3.63) is 23.8 Å². The van der Waals surface area contributed by atoms with Gasteiger partial charge in [0.05, 0.1) is 16.8 Å². The van der Waals surface area contributed by atoms with E-state index in [1.807, 2.05) is 33.8 Å². The Kier molecular flexibility index (Phi) is 2.88. The van der Waals surface area contributed by atoms with Crippen LogP contribution in [-0.2, 0) is 9.31 Å². The normalized spacial score (nSPS) is 20.7. The summed E-state index contributed by atoms with van der Waals surface area (Å²) < 4.78 is 11.8. The second-order valence-corrected chi connectivity index (χ2v) is 5.51. The predicted octanol–water partition coefficient (Wildman–Crippen LogP) is 1.44. The number of hydrogen-bond donors (Lipinski definition) is 1. The molecule has 1 saturated heterocycles. The molecule has 1 heterocycles. The first-order valence-electron chi connectivity index (χ1n) is 5.92. The summed E-state index contributed by atoms with van der Waals surface area (Å²) >= 11 is 0. The van der Waals surface area contributed by atoms with Gasteiger partial charge in [-0.2, -0.15) is 5.26 Å². The Morgan fingerprint density at radius 3 is 2.22 bits per heavy atom. The van der Waals surface area contributed by atoms with Crippen molar-refractivity contribution in [2.45, 2.75) is 38.9 Å². The van der Waals surface area contributed by atoms with Gasteiger partial charge in [0, 0.05) is 11.2 Å². The van der Waals surface area contributed by atoms with Crippen molar-refractivity contribution in [2.24, 2.45) is 0 Å².